The number of nitrogens with zero attached hydrogens (tertiary/aromatic N) is 1. The number of hydrogen-bond acceptors (Lipinski definition) is 4. The Morgan fingerprint density at radius 3 is 2.75 bits per heavy atom. The first-order valence-corrected chi connectivity index (χ1v) is 8.46. The molecule has 0 aromatic carbocycles. The van der Waals surface area contributed by atoms with Gasteiger partial charge in [0.15, 0.2) is 5.76 Å². The average Bonchev–Trinajstić information content (AvgIpc) is 3.31. The van der Waals surface area contributed by atoms with Gasteiger partial charge in [0.25, 0.3) is 5.91 Å². The largest absolute Gasteiger partial charge is 0.454 e. The third-order valence-corrected chi connectivity index (χ3v) is 4.84. The molecule has 1 atom stereocenters. The number of likely N-dealkylation sites (tertiary alicyclic amines) is 1. The highest BCUT2D eigenvalue weighted by atomic mass is 16.4. The Bertz CT molecular complexity index is 634. The molecule has 7 nitrogen and oxygen atoms in total. The summed E-state index contributed by atoms with van der Waals surface area (Å²) in [6.45, 7) is 0.723. The van der Waals surface area contributed by atoms with Crippen LogP contribution in [0.15, 0.2) is 16.5 Å². The summed E-state index contributed by atoms with van der Waals surface area (Å²) in [6.07, 6.45) is 4.71. The summed E-state index contributed by atoms with van der Waals surface area (Å²) in [5.74, 6) is 0.0699. The molecule has 3 rings (SSSR count). The SMILES string of the molecule is CNC(=O)c1ccc(CNC(=O)C2CC(=O)N(C3CCCC3)C2)o1. The van der Waals surface area contributed by atoms with Gasteiger partial charge < -0.3 is 20.0 Å². The fraction of sp³-hybridized carbons (Fsp3) is 0.588. The molecule has 130 valence electrons. The van der Waals surface area contributed by atoms with Gasteiger partial charge in [-0.3, -0.25) is 14.4 Å². The minimum atomic E-state index is -0.304. The molecule has 1 saturated heterocycles. The lowest BCUT2D eigenvalue weighted by molar-refractivity contribution is -0.130. The van der Waals surface area contributed by atoms with E-state index in [1.54, 1.807) is 12.1 Å². The standard InChI is InChI=1S/C17H23N3O4/c1-18-17(23)14-7-6-13(24-14)9-19-16(22)11-8-15(21)20(10-11)12-4-2-3-5-12/h6-7,11-12H,2-5,8-10H2,1H3,(H,18,23)(H,19,22). The first-order valence-electron chi connectivity index (χ1n) is 8.46. The minimum Gasteiger partial charge on any atom is -0.454 e. The molecule has 24 heavy (non-hydrogen) atoms. The summed E-state index contributed by atoms with van der Waals surface area (Å²) in [4.78, 5) is 37.8. The van der Waals surface area contributed by atoms with Gasteiger partial charge in [-0.2, -0.15) is 0 Å². The fourth-order valence-corrected chi connectivity index (χ4v) is 3.51. The Labute approximate surface area is 140 Å². The van der Waals surface area contributed by atoms with E-state index in [2.05, 4.69) is 10.6 Å². The van der Waals surface area contributed by atoms with E-state index in [0.29, 0.717) is 18.3 Å². The van der Waals surface area contributed by atoms with Gasteiger partial charge in [-0.1, -0.05) is 12.8 Å². The molecular weight excluding hydrogens is 310 g/mol. The molecule has 1 aromatic heterocycles. The van der Waals surface area contributed by atoms with Crippen LogP contribution in [0.3, 0.4) is 0 Å². The van der Waals surface area contributed by atoms with Crippen LogP contribution in [-0.2, 0) is 16.1 Å². The van der Waals surface area contributed by atoms with Gasteiger partial charge in [0.2, 0.25) is 11.8 Å². The first-order chi connectivity index (χ1) is 11.6. The van der Waals surface area contributed by atoms with E-state index in [0.717, 1.165) is 25.7 Å². The lowest BCUT2D eigenvalue weighted by atomic mass is 10.1. The fourth-order valence-electron chi connectivity index (χ4n) is 3.51. The molecule has 1 saturated carbocycles. The highest BCUT2D eigenvalue weighted by molar-refractivity contribution is 5.91. The van der Waals surface area contributed by atoms with Crippen LogP contribution in [0.25, 0.3) is 0 Å². The quantitative estimate of drug-likeness (QED) is 0.842. The van der Waals surface area contributed by atoms with Gasteiger partial charge >= 0.3 is 0 Å². The van der Waals surface area contributed by atoms with Crippen LogP contribution in [-0.4, -0.2) is 42.3 Å². The molecule has 2 fully saturated rings. The number of nitrogens with one attached hydrogen (secondary N) is 2. The number of furan rings is 1. The predicted octanol–water partition coefficient (Wildman–Crippen LogP) is 1.05. The summed E-state index contributed by atoms with van der Waals surface area (Å²) in [7, 11) is 1.53. The molecule has 2 heterocycles. The predicted molar refractivity (Wildman–Crippen MR) is 86.0 cm³/mol. The van der Waals surface area contributed by atoms with Crippen LogP contribution < -0.4 is 10.6 Å². The molecule has 0 spiro atoms. The van der Waals surface area contributed by atoms with Gasteiger partial charge in [-0.25, -0.2) is 0 Å². The Balaban J connectivity index is 1.51. The maximum Gasteiger partial charge on any atom is 0.286 e. The third kappa shape index (κ3) is 3.44. The molecule has 1 aromatic rings. The van der Waals surface area contributed by atoms with Gasteiger partial charge in [0, 0.05) is 26.1 Å². The van der Waals surface area contributed by atoms with Crippen LogP contribution in [0, 0.1) is 5.92 Å². The van der Waals surface area contributed by atoms with E-state index in [-0.39, 0.29) is 42.4 Å². The van der Waals surface area contributed by atoms with Crippen molar-refractivity contribution >= 4 is 17.7 Å². The number of amides is 3. The van der Waals surface area contributed by atoms with E-state index in [1.165, 1.54) is 7.05 Å². The van der Waals surface area contributed by atoms with Crippen molar-refractivity contribution in [1.82, 2.24) is 15.5 Å². The topological polar surface area (TPSA) is 91.7 Å². The van der Waals surface area contributed by atoms with Crippen molar-refractivity contribution in [3.63, 3.8) is 0 Å². The molecule has 2 aliphatic rings. The summed E-state index contributed by atoms with van der Waals surface area (Å²) in [5.41, 5.74) is 0. The lowest BCUT2D eigenvalue weighted by Gasteiger charge is -2.23. The molecule has 1 aliphatic heterocycles. The highest BCUT2D eigenvalue weighted by Gasteiger charge is 2.38. The summed E-state index contributed by atoms with van der Waals surface area (Å²) in [6, 6.07) is 3.55. The van der Waals surface area contributed by atoms with Crippen molar-refractivity contribution in [3.8, 4) is 0 Å². The first kappa shape index (κ1) is 16.5. The summed E-state index contributed by atoms with van der Waals surface area (Å²) >= 11 is 0. The van der Waals surface area contributed by atoms with Crippen molar-refractivity contribution in [2.75, 3.05) is 13.6 Å². The van der Waals surface area contributed by atoms with Gasteiger partial charge in [0.05, 0.1) is 12.5 Å². The molecule has 7 heteroatoms. The Kier molecular flexibility index (Phi) is 4.87. The maximum atomic E-state index is 12.3. The lowest BCUT2D eigenvalue weighted by Crippen LogP contribution is -2.36. The molecule has 0 radical (unpaired) electrons. The van der Waals surface area contributed by atoms with E-state index < -0.39 is 0 Å². The van der Waals surface area contributed by atoms with Gasteiger partial charge in [-0.05, 0) is 25.0 Å². The average molecular weight is 333 g/mol. The molecule has 2 N–H and O–H groups in total. The van der Waals surface area contributed by atoms with Crippen molar-refractivity contribution in [2.24, 2.45) is 5.92 Å². The second-order valence-electron chi connectivity index (χ2n) is 6.45. The second kappa shape index (κ2) is 7.07. The van der Waals surface area contributed by atoms with Gasteiger partial charge in [0.1, 0.15) is 5.76 Å². The zero-order chi connectivity index (χ0) is 17.1. The normalized spacial score (nSPS) is 21.3. The monoisotopic (exact) mass is 333 g/mol. The van der Waals surface area contributed by atoms with Crippen LogP contribution in [0.5, 0.6) is 0 Å². The number of carbonyl (C=O) groups excluding carboxylic acids is 3. The highest BCUT2D eigenvalue weighted by Crippen LogP contribution is 2.29. The molecular formula is C17H23N3O4. The Morgan fingerprint density at radius 2 is 2.04 bits per heavy atom. The van der Waals surface area contributed by atoms with Crippen LogP contribution >= 0.6 is 0 Å². The summed E-state index contributed by atoms with van der Waals surface area (Å²) < 4.78 is 5.37. The van der Waals surface area contributed by atoms with E-state index >= 15 is 0 Å². The molecule has 1 aliphatic carbocycles. The maximum absolute atomic E-state index is 12.3. The number of rotatable bonds is 5. The van der Waals surface area contributed by atoms with E-state index in [4.69, 9.17) is 4.42 Å². The molecule has 3 amide bonds. The van der Waals surface area contributed by atoms with Crippen molar-refractivity contribution in [2.45, 2.75) is 44.7 Å². The number of hydrogen-bond donors (Lipinski definition) is 2. The molecule has 0 bridgehead atoms. The molecule has 1 unspecified atom stereocenters. The van der Waals surface area contributed by atoms with Gasteiger partial charge in [-0.15, -0.1) is 0 Å². The smallest absolute Gasteiger partial charge is 0.286 e. The van der Waals surface area contributed by atoms with Crippen molar-refractivity contribution in [3.05, 3.63) is 23.7 Å². The van der Waals surface area contributed by atoms with Crippen LogP contribution in [0.1, 0.15) is 48.4 Å². The van der Waals surface area contributed by atoms with Crippen LogP contribution in [0.2, 0.25) is 0 Å². The van der Waals surface area contributed by atoms with Crippen LogP contribution in [0.4, 0.5) is 0 Å². The summed E-state index contributed by atoms with van der Waals surface area (Å²) in [5, 5.41) is 5.28. The van der Waals surface area contributed by atoms with Crippen molar-refractivity contribution < 1.29 is 18.8 Å². The van der Waals surface area contributed by atoms with E-state index in [1.807, 2.05) is 4.90 Å². The minimum absolute atomic E-state index is 0.0851. The van der Waals surface area contributed by atoms with E-state index in [9.17, 15) is 14.4 Å². The second-order valence-corrected chi connectivity index (χ2v) is 6.45. The third-order valence-electron chi connectivity index (χ3n) is 4.84. The number of carbonyl (C=O) groups is 3. The Morgan fingerprint density at radius 1 is 1.29 bits per heavy atom. The van der Waals surface area contributed by atoms with Crippen molar-refractivity contribution in [1.29, 1.82) is 0 Å². The zero-order valence-corrected chi connectivity index (χ0v) is 13.8. The Hall–Kier alpha value is -2.31. The zero-order valence-electron chi connectivity index (χ0n) is 13.8.